The first-order valence-corrected chi connectivity index (χ1v) is 7.96. The van der Waals surface area contributed by atoms with Crippen molar-refractivity contribution in [2.24, 2.45) is 0 Å². The van der Waals surface area contributed by atoms with Crippen LogP contribution in [0.25, 0.3) is 10.8 Å². The van der Waals surface area contributed by atoms with Gasteiger partial charge >= 0.3 is 0 Å². The molecule has 0 atom stereocenters. The largest absolute Gasteiger partial charge is 0.484 e. The number of rotatable bonds is 4. The Labute approximate surface area is 149 Å². The summed E-state index contributed by atoms with van der Waals surface area (Å²) < 4.78 is 5.45. The van der Waals surface area contributed by atoms with Crippen LogP contribution in [0.4, 0.5) is 0 Å². The minimum absolute atomic E-state index is 0.214. The summed E-state index contributed by atoms with van der Waals surface area (Å²) >= 11 is 5.82. The molecule has 0 spiro atoms. The fourth-order valence-corrected chi connectivity index (χ4v) is 2.46. The zero-order chi connectivity index (χ0) is 17.6. The maximum Gasteiger partial charge on any atom is 0.276 e. The van der Waals surface area contributed by atoms with E-state index in [0.29, 0.717) is 16.3 Å². The molecule has 6 heteroatoms. The first-order valence-electron chi connectivity index (χ1n) is 7.58. The molecule has 0 aromatic heterocycles. The van der Waals surface area contributed by atoms with Crippen molar-refractivity contribution in [2.75, 3.05) is 6.61 Å². The van der Waals surface area contributed by atoms with Gasteiger partial charge in [-0.3, -0.25) is 20.4 Å². The molecule has 2 amide bonds. The van der Waals surface area contributed by atoms with E-state index in [2.05, 4.69) is 10.9 Å². The van der Waals surface area contributed by atoms with Crippen molar-refractivity contribution in [3.05, 3.63) is 77.3 Å². The Balaban J connectivity index is 1.51. The molecular weight excluding hydrogens is 340 g/mol. The summed E-state index contributed by atoms with van der Waals surface area (Å²) in [6.45, 7) is -0.214. The van der Waals surface area contributed by atoms with Crippen molar-refractivity contribution in [3.8, 4) is 5.75 Å². The van der Waals surface area contributed by atoms with Gasteiger partial charge in [0, 0.05) is 10.6 Å². The van der Waals surface area contributed by atoms with Gasteiger partial charge in [0.2, 0.25) is 0 Å². The molecule has 5 nitrogen and oxygen atoms in total. The molecule has 0 aliphatic carbocycles. The zero-order valence-electron chi connectivity index (χ0n) is 13.2. The van der Waals surface area contributed by atoms with Crippen molar-refractivity contribution >= 4 is 34.2 Å². The second-order valence-corrected chi connectivity index (χ2v) is 5.75. The SMILES string of the molecule is O=C(COc1ccc2ccccc2c1)NNC(=O)c1cccc(Cl)c1. The predicted octanol–water partition coefficient (Wildman–Crippen LogP) is 3.33. The number of carbonyl (C=O) groups excluding carboxylic acids is 2. The maximum absolute atomic E-state index is 11.9. The highest BCUT2D eigenvalue weighted by Gasteiger charge is 2.08. The molecule has 3 aromatic carbocycles. The Morgan fingerprint density at radius 1 is 0.880 bits per heavy atom. The highest BCUT2D eigenvalue weighted by atomic mass is 35.5. The number of carbonyl (C=O) groups is 2. The Bertz CT molecular complexity index is 927. The van der Waals surface area contributed by atoms with Crippen LogP contribution in [0.15, 0.2) is 66.7 Å². The minimum atomic E-state index is -0.469. The van der Waals surface area contributed by atoms with Crippen molar-refractivity contribution in [1.29, 1.82) is 0 Å². The number of amides is 2. The molecule has 0 aliphatic heterocycles. The third-order valence-corrected chi connectivity index (χ3v) is 3.73. The van der Waals surface area contributed by atoms with E-state index >= 15 is 0 Å². The van der Waals surface area contributed by atoms with E-state index in [1.54, 1.807) is 24.3 Å². The standard InChI is InChI=1S/C19H15ClN2O3/c20-16-7-3-6-15(10-16)19(24)22-21-18(23)12-25-17-9-8-13-4-1-2-5-14(13)11-17/h1-11H,12H2,(H,21,23)(H,22,24). The molecule has 0 heterocycles. The van der Waals surface area contributed by atoms with Crippen LogP contribution in [0.2, 0.25) is 5.02 Å². The van der Waals surface area contributed by atoms with Crippen molar-refractivity contribution < 1.29 is 14.3 Å². The summed E-state index contributed by atoms with van der Waals surface area (Å²) in [6, 6.07) is 19.8. The van der Waals surface area contributed by atoms with Gasteiger partial charge in [-0.15, -0.1) is 0 Å². The number of hydrogen-bond acceptors (Lipinski definition) is 3. The van der Waals surface area contributed by atoms with E-state index in [4.69, 9.17) is 16.3 Å². The quantitative estimate of drug-likeness (QED) is 0.706. The van der Waals surface area contributed by atoms with Gasteiger partial charge < -0.3 is 4.74 Å². The molecule has 0 aliphatic rings. The van der Waals surface area contributed by atoms with E-state index in [1.807, 2.05) is 36.4 Å². The van der Waals surface area contributed by atoms with Gasteiger partial charge in [-0.2, -0.15) is 0 Å². The van der Waals surface area contributed by atoms with Crippen LogP contribution >= 0.6 is 11.6 Å². The van der Waals surface area contributed by atoms with E-state index in [0.717, 1.165) is 10.8 Å². The van der Waals surface area contributed by atoms with E-state index in [1.165, 1.54) is 6.07 Å². The first-order chi connectivity index (χ1) is 12.1. The molecule has 25 heavy (non-hydrogen) atoms. The molecule has 3 rings (SSSR count). The second kappa shape index (κ2) is 7.68. The summed E-state index contributed by atoms with van der Waals surface area (Å²) in [5.74, 6) is -0.347. The second-order valence-electron chi connectivity index (χ2n) is 5.31. The average molecular weight is 355 g/mol. The molecule has 0 saturated heterocycles. The van der Waals surface area contributed by atoms with Gasteiger partial charge in [-0.1, -0.05) is 48.0 Å². The number of hydrogen-bond donors (Lipinski definition) is 2. The number of halogens is 1. The number of ether oxygens (including phenoxy) is 1. The lowest BCUT2D eigenvalue weighted by molar-refractivity contribution is -0.123. The Hall–Kier alpha value is -3.05. The Morgan fingerprint density at radius 2 is 1.68 bits per heavy atom. The topological polar surface area (TPSA) is 67.4 Å². The van der Waals surface area contributed by atoms with E-state index in [-0.39, 0.29) is 6.61 Å². The summed E-state index contributed by atoms with van der Waals surface area (Å²) in [5, 5.41) is 2.56. The van der Waals surface area contributed by atoms with Gasteiger partial charge in [0.15, 0.2) is 6.61 Å². The molecule has 0 bridgehead atoms. The van der Waals surface area contributed by atoms with Crippen LogP contribution < -0.4 is 15.6 Å². The van der Waals surface area contributed by atoms with Gasteiger partial charge in [-0.25, -0.2) is 0 Å². The number of nitrogens with one attached hydrogen (secondary N) is 2. The first kappa shape index (κ1) is 16.8. The lowest BCUT2D eigenvalue weighted by Gasteiger charge is -2.09. The smallest absolute Gasteiger partial charge is 0.276 e. The maximum atomic E-state index is 11.9. The highest BCUT2D eigenvalue weighted by molar-refractivity contribution is 6.30. The molecule has 126 valence electrons. The molecule has 0 radical (unpaired) electrons. The molecule has 0 fully saturated rings. The van der Waals surface area contributed by atoms with Crippen LogP contribution in [0.3, 0.4) is 0 Å². The van der Waals surface area contributed by atoms with Crippen LogP contribution in [0.5, 0.6) is 5.75 Å². The monoisotopic (exact) mass is 354 g/mol. The Morgan fingerprint density at radius 3 is 2.48 bits per heavy atom. The van der Waals surface area contributed by atoms with Gasteiger partial charge in [0.1, 0.15) is 5.75 Å². The molecule has 3 aromatic rings. The van der Waals surface area contributed by atoms with Gasteiger partial charge in [0.05, 0.1) is 0 Å². The summed E-state index contributed by atoms with van der Waals surface area (Å²) in [6.07, 6.45) is 0. The molecule has 2 N–H and O–H groups in total. The summed E-state index contributed by atoms with van der Waals surface area (Å²) in [4.78, 5) is 23.7. The van der Waals surface area contributed by atoms with Crippen molar-refractivity contribution in [1.82, 2.24) is 10.9 Å². The van der Waals surface area contributed by atoms with Crippen LogP contribution in [0.1, 0.15) is 10.4 Å². The molecular formula is C19H15ClN2O3. The van der Waals surface area contributed by atoms with Crippen LogP contribution in [0, 0.1) is 0 Å². The molecule has 0 unspecified atom stereocenters. The van der Waals surface area contributed by atoms with Crippen LogP contribution in [-0.2, 0) is 4.79 Å². The fraction of sp³-hybridized carbons (Fsp3) is 0.0526. The summed E-state index contributed by atoms with van der Waals surface area (Å²) in [7, 11) is 0. The number of hydrazine groups is 1. The zero-order valence-corrected chi connectivity index (χ0v) is 13.9. The Kier molecular flexibility index (Phi) is 5.16. The molecule has 0 saturated carbocycles. The average Bonchev–Trinajstić information content (AvgIpc) is 2.64. The highest BCUT2D eigenvalue weighted by Crippen LogP contribution is 2.20. The lowest BCUT2D eigenvalue weighted by atomic mass is 10.1. The van der Waals surface area contributed by atoms with E-state index in [9.17, 15) is 9.59 Å². The predicted molar refractivity (Wildman–Crippen MR) is 96.5 cm³/mol. The minimum Gasteiger partial charge on any atom is -0.484 e. The van der Waals surface area contributed by atoms with Crippen molar-refractivity contribution in [3.63, 3.8) is 0 Å². The number of benzene rings is 3. The van der Waals surface area contributed by atoms with Gasteiger partial charge in [-0.05, 0) is 41.1 Å². The summed E-state index contributed by atoms with van der Waals surface area (Å²) in [5.41, 5.74) is 4.97. The van der Waals surface area contributed by atoms with Crippen LogP contribution in [-0.4, -0.2) is 18.4 Å². The number of fused-ring (bicyclic) bond motifs is 1. The third kappa shape index (κ3) is 4.49. The normalized spacial score (nSPS) is 10.3. The lowest BCUT2D eigenvalue weighted by Crippen LogP contribution is -2.43. The van der Waals surface area contributed by atoms with Gasteiger partial charge in [0.25, 0.3) is 11.8 Å². The van der Waals surface area contributed by atoms with E-state index < -0.39 is 11.8 Å². The fourth-order valence-electron chi connectivity index (χ4n) is 2.27. The van der Waals surface area contributed by atoms with Crippen molar-refractivity contribution in [2.45, 2.75) is 0 Å². The third-order valence-electron chi connectivity index (χ3n) is 3.49.